The first-order valence-electron chi connectivity index (χ1n) is 8.90. The number of hydrogen-bond donors (Lipinski definition) is 2. The van der Waals surface area contributed by atoms with E-state index in [4.69, 9.17) is 32.7 Å². The minimum absolute atomic E-state index is 0.0699. The van der Waals surface area contributed by atoms with Gasteiger partial charge in [-0.25, -0.2) is 9.59 Å². The van der Waals surface area contributed by atoms with Crippen LogP contribution >= 0.6 is 23.2 Å². The summed E-state index contributed by atoms with van der Waals surface area (Å²) in [7, 11) is 0. The Kier molecular flexibility index (Phi) is 7.38. The van der Waals surface area contributed by atoms with Crippen molar-refractivity contribution < 1.29 is 24.2 Å². The maximum Gasteiger partial charge on any atom is 0.408 e. The molecule has 0 aromatic heterocycles. The summed E-state index contributed by atoms with van der Waals surface area (Å²) >= 11 is 12.6. The van der Waals surface area contributed by atoms with E-state index < -0.39 is 28.2 Å². The van der Waals surface area contributed by atoms with Crippen molar-refractivity contribution in [2.24, 2.45) is 0 Å². The fourth-order valence-electron chi connectivity index (χ4n) is 2.42. The fourth-order valence-corrected chi connectivity index (χ4v) is 2.85. The summed E-state index contributed by atoms with van der Waals surface area (Å²) in [4.78, 5) is 23.3. The van der Waals surface area contributed by atoms with Gasteiger partial charge in [0.1, 0.15) is 17.4 Å². The Hall–Kier alpha value is -2.44. The second kappa shape index (κ2) is 9.37. The second-order valence-corrected chi connectivity index (χ2v) is 8.63. The van der Waals surface area contributed by atoms with Gasteiger partial charge in [-0.05, 0) is 38.5 Å². The number of aliphatic carboxylic acids is 1. The standard InChI is InChI=1S/C21H23Cl2NO5/c1-20(2,3)29-19(27)24-17(18(25)26)13-14-9-11-16(12-10-14)28-21(22,23)15-7-5-4-6-8-15/h4-12,17H,13H2,1-3H3,(H,24,27)(H,25,26)/t17-/m1/s1. The van der Waals surface area contributed by atoms with Crippen molar-refractivity contribution in [3.8, 4) is 5.75 Å². The normalized spacial score (nSPS) is 12.7. The lowest BCUT2D eigenvalue weighted by atomic mass is 10.1. The number of carbonyl (C=O) groups excluding carboxylic acids is 1. The van der Waals surface area contributed by atoms with Crippen LogP contribution in [0.3, 0.4) is 0 Å². The van der Waals surface area contributed by atoms with Crippen LogP contribution in [0.25, 0.3) is 0 Å². The average molecular weight is 440 g/mol. The smallest absolute Gasteiger partial charge is 0.408 e. The van der Waals surface area contributed by atoms with Gasteiger partial charge in [0.2, 0.25) is 0 Å². The molecule has 0 heterocycles. The molecule has 1 atom stereocenters. The Bertz CT molecular complexity index is 832. The zero-order chi connectivity index (χ0) is 21.7. The summed E-state index contributed by atoms with van der Waals surface area (Å²) in [6.45, 7) is 5.10. The topological polar surface area (TPSA) is 84.9 Å². The molecule has 0 spiro atoms. The molecule has 156 valence electrons. The molecule has 2 N–H and O–H groups in total. The molecule has 2 rings (SSSR count). The van der Waals surface area contributed by atoms with Crippen molar-refractivity contribution in [2.45, 2.75) is 43.4 Å². The molecule has 0 aliphatic rings. The number of halogens is 2. The number of carboxylic acids is 1. The molecule has 0 saturated heterocycles. The Morgan fingerprint density at radius 3 is 2.14 bits per heavy atom. The first kappa shape index (κ1) is 22.8. The molecule has 29 heavy (non-hydrogen) atoms. The number of carboxylic acid groups (broad SMARTS) is 1. The second-order valence-electron chi connectivity index (χ2n) is 7.37. The van der Waals surface area contributed by atoms with E-state index in [1.54, 1.807) is 69.3 Å². The number of rotatable bonds is 7. The molecule has 2 aromatic carbocycles. The third kappa shape index (κ3) is 7.48. The number of alkyl halides is 2. The van der Waals surface area contributed by atoms with Gasteiger partial charge in [-0.1, -0.05) is 65.7 Å². The average Bonchev–Trinajstić information content (AvgIpc) is 2.61. The SMILES string of the molecule is CC(C)(C)OC(=O)N[C@H](Cc1ccc(OC(Cl)(Cl)c2ccccc2)cc1)C(=O)O. The zero-order valence-corrected chi connectivity index (χ0v) is 17.8. The van der Waals surface area contributed by atoms with Gasteiger partial charge in [0.05, 0.1) is 0 Å². The lowest BCUT2D eigenvalue weighted by Crippen LogP contribution is -2.44. The predicted octanol–water partition coefficient (Wildman–Crippen LogP) is 4.87. The Balaban J connectivity index is 2.03. The van der Waals surface area contributed by atoms with E-state index in [9.17, 15) is 14.7 Å². The number of carbonyl (C=O) groups is 2. The van der Waals surface area contributed by atoms with Gasteiger partial charge < -0.3 is 19.9 Å². The molecule has 0 radical (unpaired) electrons. The molecule has 2 aromatic rings. The van der Waals surface area contributed by atoms with Crippen molar-refractivity contribution in [1.82, 2.24) is 5.32 Å². The van der Waals surface area contributed by atoms with Crippen molar-refractivity contribution in [1.29, 1.82) is 0 Å². The molecule has 0 bridgehead atoms. The number of nitrogens with one attached hydrogen (secondary N) is 1. The van der Waals surface area contributed by atoms with Crippen LogP contribution in [-0.4, -0.2) is 28.8 Å². The lowest BCUT2D eigenvalue weighted by Gasteiger charge is -2.23. The van der Waals surface area contributed by atoms with E-state index in [0.717, 1.165) is 0 Å². The van der Waals surface area contributed by atoms with Gasteiger partial charge in [-0.15, -0.1) is 0 Å². The summed E-state index contributed by atoms with van der Waals surface area (Å²) in [5.41, 5.74) is 0.538. The first-order chi connectivity index (χ1) is 13.5. The van der Waals surface area contributed by atoms with Gasteiger partial charge >= 0.3 is 12.1 Å². The molecular weight excluding hydrogens is 417 g/mol. The highest BCUT2D eigenvalue weighted by Crippen LogP contribution is 2.36. The lowest BCUT2D eigenvalue weighted by molar-refractivity contribution is -0.139. The van der Waals surface area contributed by atoms with Crippen LogP contribution in [0.5, 0.6) is 5.75 Å². The molecule has 0 unspecified atom stereocenters. The highest BCUT2D eigenvalue weighted by molar-refractivity contribution is 6.47. The van der Waals surface area contributed by atoms with Gasteiger partial charge in [0, 0.05) is 12.0 Å². The minimum Gasteiger partial charge on any atom is -0.480 e. The number of amides is 1. The largest absolute Gasteiger partial charge is 0.480 e. The van der Waals surface area contributed by atoms with E-state index in [2.05, 4.69) is 5.32 Å². The number of hydrogen-bond acceptors (Lipinski definition) is 4. The van der Waals surface area contributed by atoms with Crippen LogP contribution in [0.2, 0.25) is 0 Å². The Morgan fingerprint density at radius 2 is 1.62 bits per heavy atom. The maximum absolute atomic E-state index is 11.9. The quantitative estimate of drug-likeness (QED) is 0.600. The van der Waals surface area contributed by atoms with Gasteiger partial charge in [-0.2, -0.15) is 0 Å². The van der Waals surface area contributed by atoms with Crippen molar-refractivity contribution in [2.75, 3.05) is 0 Å². The highest BCUT2D eigenvalue weighted by Gasteiger charge is 2.29. The maximum atomic E-state index is 11.9. The summed E-state index contributed by atoms with van der Waals surface area (Å²) in [5.74, 6) is -0.754. The van der Waals surface area contributed by atoms with Gasteiger partial charge in [0.15, 0.2) is 0 Å². The number of alkyl carbamates (subject to hydrolysis) is 1. The van der Waals surface area contributed by atoms with E-state index in [0.29, 0.717) is 16.9 Å². The molecule has 0 saturated carbocycles. The van der Waals surface area contributed by atoms with Crippen LogP contribution < -0.4 is 10.1 Å². The molecular formula is C21H23Cl2NO5. The van der Waals surface area contributed by atoms with Crippen molar-refractivity contribution >= 4 is 35.3 Å². The molecule has 0 aliphatic heterocycles. The van der Waals surface area contributed by atoms with Crippen LogP contribution in [-0.2, 0) is 20.5 Å². The van der Waals surface area contributed by atoms with E-state index in [1.807, 2.05) is 6.07 Å². The van der Waals surface area contributed by atoms with Gasteiger partial charge in [-0.3, -0.25) is 0 Å². The highest BCUT2D eigenvalue weighted by atomic mass is 35.5. The molecule has 6 nitrogen and oxygen atoms in total. The van der Waals surface area contributed by atoms with E-state index in [1.165, 1.54) is 0 Å². The van der Waals surface area contributed by atoms with Crippen LogP contribution in [0.4, 0.5) is 4.79 Å². The summed E-state index contributed by atoms with van der Waals surface area (Å²) in [6, 6.07) is 14.4. The van der Waals surface area contributed by atoms with Crippen LogP contribution in [0.1, 0.15) is 31.9 Å². The molecule has 0 fully saturated rings. The monoisotopic (exact) mass is 439 g/mol. The number of benzene rings is 2. The molecule has 8 heteroatoms. The third-order valence-electron chi connectivity index (χ3n) is 3.71. The van der Waals surface area contributed by atoms with E-state index >= 15 is 0 Å². The zero-order valence-electron chi connectivity index (χ0n) is 16.3. The van der Waals surface area contributed by atoms with Crippen LogP contribution in [0.15, 0.2) is 54.6 Å². The third-order valence-corrected chi connectivity index (χ3v) is 4.30. The van der Waals surface area contributed by atoms with Crippen molar-refractivity contribution in [3.05, 3.63) is 65.7 Å². The van der Waals surface area contributed by atoms with Gasteiger partial charge in [0.25, 0.3) is 4.52 Å². The Morgan fingerprint density at radius 1 is 1.03 bits per heavy atom. The minimum atomic E-state index is -1.56. The predicted molar refractivity (Wildman–Crippen MR) is 111 cm³/mol. The number of ether oxygens (including phenoxy) is 2. The summed E-state index contributed by atoms with van der Waals surface area (Å²) in [5, 5.41) is 11.7. The Labute approximate surface area is 179 Å². The fraction of sp³-hybridized carbons (Fsp3) is 0.333. The summed E-state index contributed by atoms with van der Waals surface area (Å²) < 4.78 is 9.18. The molecule has 0 aliphatic carbocycles. The summed E-state index contributed by atoms with van der Waals surface area (Å²) in [6.07, 6.45) is -0.720. The van der Waals surface area contributed by atoms with Crippen LogP contribution in [0, 0.1) is 0 Å². The van der Waals surface area contributed by atoms with E-state index in [-0.39, 0.29) is 6.42 Å². The molecule has 1 amide bonds. The first-order valence-corrected chi connectivity index (χ1v) is 9.65. The van der Waals surface area contributed by atoms with Crippen molar-refractivity contribution in [3.63, 3.8) is 0 Å².